The van der Waals surface area contributed by atoms with E-state index in [1.54, 1.807) is 0 Å². The van der Waals surface area contributed by atoms with Gasteiger partial charge in [0.05, 0.1) is 12.7 Å². The van der Waals surface area contributed by atoms with Gasteiger partial charge in [0.25, 0.3) is 0 Å². The number of benzene rings is 1. The molecule has 4 nitrogen and oxygen atoms in total. The molecule has 21 heavy (non-hydrogen) atoms. The van der Waals surface area contributed by atoms with Crippen LogP contribution < -0.4 is 5.32 Å². The summed E-state index contributed by atoms with van der Waals surface area (Å²) in [4.78, 5) is 11.4. The second kappa shape index (κ2) is 8.80. The average molecular weight is 293 g/mol. The van der Waals surface area contributed by atoms with Crippen molar-refractivity contribution < 1.29 is 14.3 Å². The first-order valence-corrected chi connectivity index (χ1v) is 7.41. The third-order valence-electron chi connectivity index (χ3n) is 2.86. The van der Waals surface area contributed by atoms with Gasteiger partial charge in [0.15, 0.2) is 0 Å². The van der Waals surface area contributed by atoms with Gasteiger partial charge in [0, 0.05) is 18.5 Å². The van der Waals surface area contributed by atoms with Gasteiger partial charge in [-0.15, -0.1) is 0 Å². The molecular formula is C17H27NO3. The summed E-state index contributed by atoms with van der Waals surface area (Å²) in [6.07, 6.45) is -0.0957. The minimum atomic E-state index is -0.307. The fourth-order valence-corrected chi connectivity index (χ4v) is 1.90. The van der Waals surface area contributed by atoms with E-state index in [4.69, 9.17) is 9.47 Å². The number of hydrogen-bond donors (Lipinski definition) is 1. The van der Waals surface area contributed by atoms with E-state index < -0.39 is 0 Å². The van der Waals surface area contributed by atoms with Gasteiger partial charge in [-0.2, -0.15) is 0 Å². The quantitative estimate of drug-likeness (QED) is 0.711. The highest BCUT2D eigenvalue weighted by Gasteiger charge is 2.18. The predicted octanol–water partition coefficient (Wildman–Crippen LogP) is 2.77. The summed E-state index contributed by atoms with van der Waals surface area (Å²) >= 11 is 0. The zero-order chi connectivity index (χ0) is 15.7. The lowest BCUT2D eigenvalue weighted by atomic mass is 9.95. The summed E-state index contributed by atoms with van der Waals surface area (Å²) in [5, 5.41) is 3.42. The largest absolute Gasteiger partial charge is 0.461 e. The molecule has 0 aliphatic rings. The number of ether oxygens (including phenoxy) is 2. The second-order valence-electron chi connectivity index (χ2n) is 6.28. The van der Waals surface area contributed by atoms with Gasteiger partial charge in [-0.05, 0) is 19.4 Å². The average Bonchev–Trinajstić information content (AvgIpc) is 2.38. The minimum absolute atomic E-state index is 0.0142. The van der Waals surface area contributed by atoms with E-state index in [-0.39, 0.29) is 24.1 Å². The molecule has 0 aliphatic carbocycles. The van der Waals surface area contributed by atoms with Crippen molar-refractivity contribution in [2.24, 2.45) is 5.41 Å². The van der Waals surface area contributed by atoms with E-state index in [0.717, 1.165) is 13.1 Å². The van der Waals surface area contributed by atoms with Crippen molar-refractivity contribution in [2.45, 2.75) is 40.3 Å². The minimum Gasteiger partial charge on any atom is -0.461 e. The molecular weight excluding hydrogens is 266 g/mol. The molecule has 0 amide bonds. The second-order valence-corrected chi connectivity index (χ2v) is 6.28. The molecule has 118 valence electrons. The topological polar surface area (TPSA) is 47.6 Å². The lowest BCUT2D eigenvalue weighted by Gasteiger charge is -2.24. The first-order chi connectivity index (χ1) is 9.89. The van der Waals surface area contributed by atoms with E-state index in [2.05, 4.69) is 31.3 Å². The van der Waals surface area contributed by atoms with Crippen molar-refractivity contribution in [1.82, 2.24) is 5.32 Å². The summed E-state index contributed by atoms with van der Waals surface area (Å²) < 4.78 is 10.5. The van der Waals surface area contributed by atoms with Crippen LogP contribution in [-0.4, -0.2) is 31.8 Å². The number of esters is 1. The summed E-state index contributed by atoms with van der Waals surface area (Å²) in [5.74, 6) is -0.307. The number of nitrogens with one attached hydrogen (secondary N) is 1. The lowest BCUT2D eigenvalue weighted by molar-refractivity contribution is -0.153. The molecule has 0 aliphatic heterocycles. The number of carbonyl (C=O) groups excluding carboxylic acids is 1. The SMILES string of the molecule is CC(C)OC(=O)COCC(C)(C)CNCc1ccccc1. The standard InChI is InChI=1S/C17H27NO3/c1-14(2)21-16(19)11-20-13-17(3,4)12-18-10-15-8-6-5-7-9-15/h5-9,14,18H,10-13H2,1-4H3. The maximum absolute atomic E-state index is 11.4. The van der Waals surface area contributed by atoms with Crippen LogP contribution in [0.2, 0.25) is 0 Å². The summed E-state index contributed by atoms with van der Waals surface area (Å²) in [6.45, 7) is 10.1. The number of rotatable bonds is 9. The molecule has 0 saturated carbocycles. The van der Waals surface area contributed by atoms with Gasteiger partial charge in [0.1, 0.15) is 6.61 Å². The Morgan fingerprint density at radius 1 is 1.24 bits per heavy atom. The van der Waals surface area contributed by atoms with Gasteiger partial charge in [0.2, 0.25) is 0 Å². The molecule has 0 aromatic heterocycles. The van der Waals surface area contributed by atoms with E-state index in [1.807, 2.05) is 32.0 Å². The van der Waals surface area contributed by atoms with Crippen molar-refractivity contribution in [2.75, 3.05) is 19.8 Å². The fourth-order valence-electron chi connectivity index (χ4n) is 1.90. The Kier molecular flexibility index (Phi) is 7.40. The van der Waals surface area contributed by atoms with Crippen LogP contribution in [0, 0.1) is 5.41 Å². The summed E-state index contributed by atoms with van der Waals surface area (Å²) in [7, 11) is 0. The van der Waals surface area contributed by atoms with E-state index >= 15 is 0 Å². The van der Waals surface area contributed by atoms with Crippen LogP contribution >= 0.6 is 0 Å². The van der Waals surface area contributed by atoms with Crippen molar-refractivity contribution in [3.8, 4) is 0 Å². The molecule has 0 atom stereocenters. The van der Waals surface area contributed by atoms with E-state index in [1.165, 1.54) is 5.56 Å². The molecule has 0 spiro atoms. The van der Waals surface area contributed by atoms with Crippen molar-refractivity contribution in [3.05, 3.63) is 35.9 Å². The normalized spacial score (nSPS) is 11.7. The first-order valence-electron chi connectivity index (χ1n) is 7.41. The molecule has 0 radical (unpaired) electrons. The van der Waals surface area contributed by atoms with Crippen LogP contribution in [0.25, 0.3) is 0 Å². The zero-order valence-corrected chi connectivity index (χ0v) is 13.5. The van der Waals surface area contributed by atoms with Crippen LogP contribution in [0.5, 0.6) is 0 Å². The van der Waals surface area contributed by atoms with Gasteiger partial charge in [-0.1, -0.05) is 44.2 Å². The van der Waals surface area contributed by atoms with Crippen molar-refractivity contribution in [1.29, 1.82) is 0 Å². The molecule has 0 fully saturated rings. The molecule has 1 aromatic carbocycles. The zero-order valence-electron chi connectivity index (χ0n) is 13.5. The Bertz CT molecular complexity index is 415. The predicted molar refractivity (Wildman–Crippen MR) is 84.0 cm³/mol. The Balaban J connectivity index is 2.19. The van der Waals surface area contributed by atoms with Crippen LogP contribution in [0.1, 0.15) is 33.3 Å². The third-order valence-corrected chi connectivity index (χ3v) is 2.86. The highest BCUT2D eigenvalue weighted by Crippen LogP contribution is 2.14. The van der Waals surface area contributed by atoms with Gasteiger partial charge < -0.3 is 14.8 Å². The van der Waals surface area contributed by atoms with E-state index in [9.17, 15) is 4.79 Å². The van der Waals surface area contributed by atoms with Gasteiger partial charge >= 0.3 is 5.97 Å². The Morgan fingerprint density at radius 3 is 2.52 bits per heavy atom. The maximum Gasteiger partial charge on any atom is 0.332 e. The first kappa shape index (κ1) is 17.7. The number of hydrogen-bond acceptors (Lipinski definition) is 4. The van der Waals surface area contributed by atoms with Crippen LogP contribution in [0.4, 0.5) is 0 Å². The summed E-state index contributed by atoms with van der Waals surface area (Å²) in [6, 6.07) is 10.3. The molecule has 1 aromatic rings. The Labute approximate surface area is 127 Å². The molecule has 0 unspecified atom stereocenters. The monoisotopic (exact) mass is 293 g/mol. The Hall–Kier alpha value is -1.39. The third kappa shape index (κ3) is 8.48. The van der Waals surface area contributed by atoms with Gasteiger partial charge in [-0.25, -0.2) is 4.79 Å². The number of carbonyl (C=O) groups is 1. The van der Waals surface area contributed by atoms with Crippen LogP contribution in [0.3, 0.4) is 0 Å². The molecule has 0 heterocycles. The van der Waals surface area contributed by atoms with Crippen LogP contribution in [0.15, 0.2) is 30.3 Å². The van der Waals surface area contributed by atoms with Crippen molar-refractivity contribution in [3.63, 3.8) is 0 Å². The molecule has 1 rings (SSSR count). The molecule has 0 bridgehead atoms. The highest BCUT2D eigenvalue weighted by molar-refractivity contribution is 5.70. The fraction of sp³-hybridized carbons (Fsp3) is 0.588. The van der Waals surface area contributed by atoms with Crippen LogP contribution in [-0.2, 0) is 20.8 Å². The lowest BCUT2D eigenvalue weighted by Crippen LogP contribution is -2.34. The Morgan fingerprint density at radius 2 is 1.90 bits per heavy atom. The van der Waals surface area contributed by atoms with Crippen molar-refractivity contribution >= 4 is 5.97 Å². The molecule has 1 N–H and O–H groups in total. The van der Waals surface area contributed by atoms with Gasteiger partial charge in [-0.3, -0.25) is 0 Å². The van der Waals surface area contributed by atoms with E-state index in [0.29, 0.717) is 6.61 Å². The molecule has 4 heteroatoms. The maximum atomic E-state index is 11.4. The highest BCUT2D eigenvalue weighted by atomic mass is 16.6. The molecule has 0 saturated heterocycles. The smallest absolute Gasteiger partial charge is 0.332 e. The summed E-state index contributed by atoms with van der Waals surface area (Å²) in [5.41, 5.74) is 1.22.